The first-order chi connectivity index (χ1) is 12.6. The molecule has 0 fully saturated rings. The average Bonchev–Trinajstić information content (AvgIpc) is 2.97. The van der Waals surface area contributed by atoms with Crippen molar-refractivity contribution in [3.8, 4) is 28.4 Å². The van der Waals surface area contributed by atoms with Crippen LogP contribution in [0.3, 0.4) is 0 Å². The van der Waals surface area contributed by atoms with Crippen LogP contribution in [0.5, 0.6) is 11.5 Å². The van der Waals surface area contributed by atoms with Gasteiger partial charge in [-0.05, 0) is 36.4 Å². The number of aromatic hydroxyl groups is 1. The van der Waals surface area contributed by atoms with E-state index in [0.717, 1.165) is 27.8 Å². The largest absolute Gasteiger partial charge is 0.508 e. The molecule has 0 atom stereocenters. The van der Waals surface area contributed by atoms with E-state index >= 15 is 0 Å². The molecule has 0 unspecified atom stereocenters. The van der Waals surface area contributed by atoms with Gasteiger partial charge in [0.2, 0.25) is 0 Å². The lowest BCUT2D eigenvalue weighted by Crippen LogP contribution is -2.16. The molecular weight excluding hydrogens is 328 g/mol. The number of phenolic OH excluding ortho intramolecular Hbond substituents is 1. The second-order valence-electron chi connectivity index (χ2n) is 5.83. The lowest BCUT2D eigenvalue weighted by atomic mass is 10.1. The summed E-state index contributed by atoms with van der Waals surface area (Å²) in [6.07, 6.45) is -0.865. The lowest BCUT2D eigenvalue weighted by molar-refractivity contribution is 0.211. The van der Waals surface area contributed by atoms with Gasteiger partial charge >= 0.3 is 6.09 Å². The standard InChI is InChI=1S/C21H16N2O3/c22-21(25)26-20-17-8-4-5-9-18(17)23(15-10-12-16(24)13-11-15)19(20)14-6-2-1-3-7-14/h1-13,24H,(H2,22,25). The highest BCUT2D eigenvalue weighted by atomic mass is 16.5. The maximum Gasteiger partial charge on any atom is 0.410 e. The van der Waals surface area contributed by atoms with E-state index in [9.17, 15) is 9.90 Å². The second-order valence-corrected chi connectivity index (χ2v) is 5.83. The zero-order chi connectivity index (χ0) is 18.1. The van der Waals surface area contributed by atoms with Gasteiger partial charge in [0.05, 0.1) is 11.2 Å². The van der Waals surface area contributed by atoms with Crippen molar-refractivity contribution < 1.29 is 14.6 Å². The van der Waals surface area contributed by atoms with Crippen LogP contribution >= 0.6 is 0 Å². The Morgan fingerprint density at radius 3 is 2.23 bits per heavy atom. The molecule has 4 aromatic rings. The molecule has 1 amide bonds. The number of carbonyl (C=O) groups excluding carboxylic acids is 1. The van der Waals surface area contributed by atoms with Crippen molar-refractivity contribution in [1.82, 2.24) is 4.57 Å². The SMILES string of the molecule is NC(=O)Oc1c(-c2ccccc2)n(-c2ccc(O)cc2)c2ccccc12. The first-order valence-electron chi connectivity index (χ1n) is 8.10. The van der Waals surface area contributed by atoms with Gasteiger partial charge in [0, 0.05) is 16.6 Å². The highest BCUT2D eigenvalue weighted by Crippen LogP contribution is 2.42. The van der Waals surface area contributed by atoms with Crippen LogP contribution in [0.1, 0.15) is 0 Å². The van der Waals surface area contributed by atoms with E-state index in [4.69, 9.17) is 10.5 Å². The van der Waals surface area contributed by atoms with E-state index in [1.807, 2.05) is 71.3 Å². The second kappa shape index (κ2) is 6.29. The molecule has 0 aliphatic heterocycles. The normalized spacial score (nSPS) is 10.8. The third-order valence-corrected chi connectivity index (χ3v) is 4.19. The predicted octanol–water partition coefficient (Wildman–Crippen LogP) is 4.46. The van der Waals surface area contributed by atoms with Crippen LogP contribution in [0.15, 0.2) is 78.9 Å². The number of primary amides is 1. The fraction of sp³-hybridized carbons (Fsp3) is 0. The summed E-state index contributed by atoms with van der Waals surface area (Å²) in [5.41, 5.74) is 8.63. The van der Waals surface area contributed by atoms with E-state index in [-0.39, 0.29) is 5.75 Å². The summed E-state index contributed by atoms with van der Waals surface area (Å²) in [7, 11) is 0. The highest BCUT2D eigenvalue weighted by molar-refractivity contribution is 5.98. The smallest absolute Gasteiger partial charge is 0.410 e. The number of carbonyl (C=O) groups is 1. The molecule has 26 heavy (non-hydrogen) atoms. The lowest BCUT2D eigenvalue weighted by Gasteiger charge is -2.12. The number of ether oxygens (including phenoxy) is 1. The van der Waals surface area contributed by atoms with Crippen LogP contribution in [0.4, 0.5) is 4.79 Å². The molecule has 0 radical (unpaired) electrons. The topological polar surface area (TPSA) is 77.5 Å². The van der Waals surface area contributed by atoms with Gasteiger partial charge < -0.3 is 20.1 Å². The molecule has 0 spiro atoms. The van der Waals surface area contributed by atoms with E-state index in [2.05, 4.69) is 0 Å². The number of para-hydroxylation sites is 1. The molecule has 0 saturated carbocycles. The van der Waals surface area contributed by atoms with Gasteiger partial charge in [0.1, 0.15) is 5.75 Å². The zero-order valence-electron chi connectivity index (χ0n) is 13.8. The van der Waals surface area contributed by atoms with Crippen LogP contribution in [0.25, 0.3) is 27.8 Å². The Morgan fingerprint density at radius 1 is 0.885 bits per heavy atom. The summed E-state index contributed by atoms with van der Waals surface area (Å²) in [5.74, 6) is 0.590. The third-order valence-electron chi connectivity index (χ3n) is 4.19. The van der Waals surface area contributed by atoms with Crippen molar-refractivity contribution in [1.29, 1.82) is 0 Å². The third kappa shape index (κ3) is 2.65. The molecule has 4 rings (SSSR count). The quantitative estimate of drug-likeness (QED) is 0.576. The first kappa shape index (κ1) is 15.8. The Hall–Kier alpha value is -3.73. The summed E-state index contributed by atoms with van der Waals surface area (Å²) in [6.45, 7) is 0. The van der Waals surface area contributed by atoms with E-state index in [0.29, 0.717) is 5.75 Å². The zero-order valence-corrected chi connectivity index (χ0v) is 13.8. The fourth-order valence-electron chi connectivity index (χ4n) is 3.14. The van der Waals surface area contributed by atoms with Gasteiger partial charge in [-0.1, -0.05) is 42.5 Å². The molecular formula is C21H16N2O3. The van der Waals surface area contributed by atoms with Crippen molar-refractivity contribution in [2.24, 2.45) is 5.73 Å². The number of hydrogen-bond donors (Lipinski definition) is 2. The number of phenols is 1. The fourth-order valence-corrected chi connectivity index (χ4v) is 3.14. The molecule has 5 nitrogen and oxygen atoms in total. The number of nitrogens with two attached hydrogens (primary N) is 1. The summed E-state index contributed by atoms with van der Waals surface area (Å²) in [6, 6.07) is 24.1. The number of rotatable bonds is 3. The highest BCUT2D eigenvalue weighted by Gasteiger charge is 2.22. The number of hydrogen-bond acceptors (Lipinski definition) is 3. The molecule has 0 aliphatic carbocycles. The van der Waals surface area contributed by atoms with Gasteiger partial charge in [0.25, 0.3) is 0 Å². The summed E-state index contributed by atoms with van der Waals surface area (Å²) in [4.78, 5) is 11.5. The van der Waals surface area contributed by atoms with Crippen molar-refractivity contribution in [2.75, 3.05) is 0 Å². The summed E-state index contributed by atoms with van der Waals surface area (Å²) in [5, 5.41) is 10.4. The Morgan fingerprint density at radius 2 is 1.54 bits per heavy atom. The molecule has 5 heteroatoms. The van der Waals surface area contributed by atoms with Crippen LogP contribution < -0.4 is 10.5 Å². The number of amides is 1. The minimum atomic E-state index is -0.865. The molecule has 0 bridgehead atoms. The molecule has 1 heterocycles. The minimum Gasteiger partial charge on any atom is -0.508 e. The molecule has 3 aromatic carbocycles. The number of fused-ring (bicyclic) bond motifs is 1. The molecule has 1 aromatic heterocycles. The Bertz CT molecular complexity index is 1080. The average molecular weight is 344 g/mol. The van der Waals surface area contributed by atoms with E-state index < -0.39 is 6.09 Å². The van der Waals surface area contributed by atoms with E-state index in [1.165, 1.54) is 0 Å². The maximum absolute atomic E-state index is 11.5. The van der Waals surface area contributed by atoms with Gasteiger partial charge in [-0.25, -0.2) is 4.79 Å². The van der Waals surface area contributed by atoms with Crippen LogP contribution in [-0.2, 0) is 0 Å². The first-order valence-corrected chi connectivity index (χ1v) is 8.10. The number of benzene rings is 3. The van der Waals surface area contributed by atoms with Crippen molar-refractivity contribution >= 4 is 17.0 Å². The van der Waals surface area contributed by atoms with Gasteiger partial charge in [0.15, 0.2) is 5.75 Å². The van der Waals surface area contributed by atoms with Crippen LogP contribution in [0.2, 0.25) is 0 Å². The van der Waals surface area contributed by atoms with Gasteiger partial charge in [-0.15, -0.1) is 0 Å². The van der Waals surface area contributed by atoms with Crippen molar-refractivity contribution in [3.05, 3.63) is 78.9 Å². The molecule has 128 valence electrons. The Labute approximate surface area is 149 Å². The van der Waals surface area contributed by atoms with E-state index in [1.54, 1.807) is 12.1 Å². The Kier molecular flexibility index (Phi) is 3.82. The number of aromatic nitrogens is 1. The molecule has 0 saturated heterocycles. The number of nitrogens with zero attached hydrogens (tertiary/aromatic N) is 1. The van der Waals surface area contributed by atoms with Gasteiger partial charge in [-0.3, -0.25) is 0 Å². The Balaban J connectivity index is 2.11. The maximum atomic E-state index is 11.5. The molecule has 3 N–H and O–H groups in total. The minimum absolute atomic E-state index is 0.181. The molecule has 0 aliphatic rings. The van der Waals surface area contributed by atoms with Gasteiger partial charge in [-0.2, -0.15) is 0 Å². The van der Waals surface area contributed by atoms with Crippen LogP contribution in [-0.4, -0.2) is 15.8 Å². The summed E-state index contributed by atoms with van der Waals surface area (Å²) < 4.78 is 7.40. The summed E-state index contributed by atoms with van der Waals surface area (Å²) >= 11 is 0. The van der Waals surface area contributed by atoms with Crippen LogP contribution in [0, 0.1) is 0 Å². The van der Waals surface area contributed by atoms with Crippen molar-refractivity contribution in [2.45, 2.75) is 0 Å². The van der Waals surface area contributed by atoms with Crippen molar-refractivity contribution in [3.63, 3.8) is 0 Å². The predicted molar refractivity (Wildman–Crippen MR) is 101 cm³/mol. The monoisotopic (exact) mass is 344 g/mol.